The van der Waals surface area contributed by atoms with Crippen LogP contribution >= 0.6 is 11.6 Å². The number of nitrogens with zero attached hydrogens (tertiary/aromatic N) is 2. The quantitative estimate of drug-likeness (QED) is 0.149. The van der Waals surface area contributed by atoms with E-state index in [0.717, 1.165) is 46.3 Å². The molecule has 5 aromatic rings. The molecular weight excluding hydrogens is 523 g/mol. The van der Waals surface area contributed by atoms with Gasteiger partial charge >= 0.3 is 8.32 Å². The first-order valence-corrected chi connectivity index (χ1v) is 15.8. The molecule has 39 heavy (non-hydrogen) atoms. The summed E-state index contributed by atoms with van der Waals surface area (Å²) in [7, 11) is -0.921. The first kappa shape index (κ1) is 27.2. The standard InChI is InChI=1S/C33H34ClFN2OSi/c1-33(2,3)39(29-11-7-5-8-12-29,30-13-9-6-10-14-30)38-32-20-24(19-25-21-26(35)16-18-31(25)32)15-17-28-22-27(23-34)36-37(28)4/h5-14,16,18-22H,15,17,23H2,1-4H3. The number of fused-ring (bicyclic) bond motifs is 1. The third kappa shape index (κ3) is 5.38. The molecule has 0 unspecified atom stereocenters. The molecule has 0 aliphatic heterocycles. The van der Waals surface area contributed by atoms with Gasteiger partial charge in [0, 0.05) is 18.1 Å². The number of hydrogen-bond donors (Lipinski definition) is 0. The predicted octanol–water partition coefficient (Wildman–Crippen LogP) is 7.18. The second kappa shape index (κ2) is 11.0. The molecule has 4 aromatic carbocycles. The van der Waals surface area contributed by atoms with Crippen LogP contribution in [0.5, 0.6) is 5.75 Å². The van der Waals surface area contributed by atoms with Gasteiger partial charge in [0.25, 0.3) is 0 Å². The number of aromatic nitrogens is 2. The van der Waals surface area contributed by atoms with Gasteiger partial charge in [0.1, 0.15) is 11.6 Å². The normalized spacial score (nSPS) is 12.2. The fraction of sp³-hybridized carbons (Fsp3) is 0.242. The Morgan fingerprint density at radius 2 is 1.49 bits per heavy atom. The summed E-state index contributed by atoms with van der Waals surface area (Å²) < 4.78 is 23.7. The van der Waals surface area contributed by atoms with Gasteiger partial charge in [-0.2, -0.15) is 5.10 Å². The lowest BCUT2D eigenvalue weighted by Crippen LogP contribution is -2.68. The summed E-state index contributed by atoms with van der Waals surface area (Å²) in [5.41, 5.74) is 3.07. The first-order chi connectivity index (χ1) is 18.7. The molecule has 1 aromatic heterocycles. The minimum Gasteiger partial charge on any atom is -0.534 e. The van der Waals surface area contributed by atoms with Gasteiger partial charge in [0.15, 0.2) is 0 Å². The molecule has 0 atom stereocenters. The predicted molar refractivity (Wildman–Crippen MR) is 162 cm³/mol. The molecular formula is C33H34ClFN2OSi. The zero-order valence-corrected chi connectivity index (χ0v) is 24.7. The van der Waals surface area contributed by atoms with Gasteiger partial charge in [-0.25, -0.2) is 4.39 Å². The number of halogens is 2. The van der Waals surface area contributed by atoms with Crippen molar-refractivity contribution in [2.45, 2.75) is 44.5 Å². The average Bonchev–Trinajstić information content (AvgIpc) is 3.30. The number of benzene rings is 4. The van der Waals surface area contributed by atoms with Crippen LogP contribution in [0.3, 0.4) is 0 Å². The molecule has 0 saturated heterocycles. The van der Waals surface area contributed by atoms with Crippen molar-refractivity contribution in [1.29, 1.82) is 0 Å². The van der Waals surface area contributed by atoms with Gasteiger partial charge < -0.3 is 4.43 Å². The highest BCUT2D eigenvalue weighted by Gasteiger charge is 2.52. The van der Waals surface area contributed by atoms with E-state index >= 15 is 0 Å². The number of aryl methyl sites for hydroxylation is 3. The van der Waals surface area contributed by atoms with Gasteiger partial charge in [-0.15, -0.1) is 11.6 Å². The molecule has 0 radical (unpaired) electrons. The Morgan fingerprint density at radius 1 is 0.846 bits per heavy atom. The smallest absolute Gasteiger partial charge is 0.319 e. The first-order valence-electron chi connectivity index (χ1n) is 13.3. The average molecular weight is 557 g/mol. The highest BCUT2D eigenvalue weighted by molar-refractivity contribution is 7.00. The Bertz CT molecular complexity index is 1540. The minimum atomic E-state index is -2.86. The summed E-state index contributed by atoms with van der Waals surface area (Å²) in [6.07, 6.45) is 1.56. The molecule has 1 heterocycles. The van der Waals surface area contributed by atoms with Gasteiger partial charge in [0.2, 0.25) is 0 Å². The fourth-order valence-electron chi connectivity index (χ4n) is 5.55. The molecule has 0 bridgehead atoms. The zero-order valence-electron chi connectivity index (χ0n) is 22.9. The summed E-state index contributed by atoms with van der Waals surface area (Å²) >= 11 is 6.01. The van der Waals surface area contributed by atoms with Gasteiger partial charge in [-0.3, -0.25) is 4.68 Å². The van der Waals surface area contributed by atoms with E-state index in [4.69, 9.17) is 16.0 Å². The summed E-state index contributed by atoms with van der Waals surface area (Å²) in [6, 6.07) is 32.4. The largest absolute Gasteiger partial charge is 0.534 e. The fourth-order valence-corrected chi connectivity index (χ4v) is 10.1. The summed E-state index contributed by atoms with van der Waals surface area (Å²) in [5.74, 6) is 0.928. The topological polar surface area (TPSA) is 27.1 Å². The van der Waals surface area contributed by atoms with E-state index in [1.165, 1.54) is 16.4 Å². The van der Waals surface area contributed by atoms with Gasteiger partial charge in [-0.1, -0.05) is 87.5 Å². The molecule has 0 saturated carbocycles. The van der Waals surface area contributed by atoms with Gasteiger partial charge in [-0.05, 0) is 69.5 Å². The minimum absolute atomic E-state index is 0.190. The van der Waals surface area contributed by atoms with E-state index in [-0.39, 0.29) is 10.9 Å². The monoisotopic (exact) mass is 556 g/mol. The Hall–Kier alpha value is -3.41. The van der Waals surface area contributed by atoms with Crippen molar-refractivity contribution in [3.8, 4) is 5.75 Å². The Labute approximate surface area is 236 Å². The third-order valence-electron chi connectivity index (χ3n) is 7.45. The second-order valence-electron chi connectivity index (χ2n) is 11.1. The van der Waals surface area contributed by atoms with Crippen molar-refractivity contribution < 1.29 is 8.82 Å². The van der Waals surface area contributed by atoms with Crippen LogP contribution in [0.1, 0.15) is 37.7 Å². The molecule has 0 N–H and O–H groups in total. The number of rotatable bonds is 8. The highest BCUT2D eigenvalue weighted by Crippen LogP contribution is 2.40. The van der Waals surface area contributed by atoms with Crippen molar-refractivity contribution in [1.82, 2.24) is 9.78 Å². The molecule has 0 fully saturated rings. The highest BCUT2D eigenvalue weighted by atomic mass is 35.5. The van der Waals surface area contributed by atoms with E-state index in [9.17, 15) is 4.39 Å². The Kier molecular flexibility index (Phi) is 7.65. The lowest BCUT2D eigenvalue weighted by atomic mass is 10.0. The van der Waals surface area contributed by atoms with E-state index in [1.807, 2.05) is 36.0 Å². The molecule has 0 aliphatic carbocycles. The van der Waals surface area contributed by atoms with Crippen LogP contribution in [0.15, 0.2) is 97.1 Å². The maximum Gasteiger partial charge on any atom is 0.319 e. The van der Waals surface area contributed by atoms with E-state index in [0.29, 0.717) is 5.88 Å². The van der Waals surface area contributed by atoms with Crippen LogP contribution in [-0.2, 0) is 25.8 Å². The van der Waals surface area contributed by atoms with Crippen molar-refractivity contribution in [2.75, 3.05) is 0 Å². The lowest BCUT2D eigenvalue weighted by molar-refractivity contribution is 0.512. The molecule has 3 nitrogen and oxygen atoms in total. The van der Waals surface area contributed by atoms with Crippen LogP contribution < -0.4 is 14.8 Å². The Morgan fingerprint density at radius 3 is 2.05 bits per heavy atom. The van der Waals surface area contributed by atoms with Crippen LogP contribution in [0.4, 0.5) is 4.39 Å². The van der Waals surface area contributed by atoms with Crippen molar-refractivity contribution in [3.63, 3.8) is 0 Å². The van der Waals surface area contributed by atoms with Crippen molar-refractivity contribution in [2.24, 2.45) is 7.05 Å². The molecule has 0 amide bonds. The molecule has 0 aliphatic rings. The van der Waals surface area contributed by atoms with Gasteiger partial charge in [0.05, 0.1) is 11.6 Å². The van der Waals surface area contributed by atoms with E-state index in [1.54, 1.807) is 6.07 Å². The summed E-state index contributed by atoms with van der Waals surface area (Å²) in [5, 5.41) is 8.45. The second-order valence-corrected chi connectivity index (χ2v) is 15.6. The Balaban J connectivity index is 1.66. The molecule has 0 spiro atoms. The number of hydrogen-bond acceptors (Lipinski definition) is 2. The maximum atomic E-state index is 14.4. The third-order valence-corrected chi connectivity index (χ3v) is 12.7. The SMILES string of the molecule is Cn1nc(CCl)cc1CCc1cc(O[Si](c2ccccc2)(c2ccccc2)C(C)(C)C)c2ccc(F)cc2c1. The molecule has 5 rings (SSSR count). The van der Waals surface area contributed by atoms with Crippen LogP contribution in [-0.4, -0.2) is 18.1 Å². The van der Waals surface area contributed by atoms with E-state index in [2.05, 4.69) is 86.5 Å². The van der Waals surface area contributed by atoms with E-state index < -0.39 is 8.32 Å². The van der Waals surface area contributed by atoms with Crippen molar-refractivity contribution >= 4 is 41.1 Å². The lowest BCUT2D eigenvalue weighted by Gasteiger charge is -2.43. The van der Waals surface area contributed by atoms with Crippen LogP contribution in [0.25, 0.3) is 10.8 Å². The van der Waals surface area contributed by atoms with Crippen LogP contribution in [0, 0.1) is 5.82 Å². The van der Waals surface area contributed by atoms with Crippen LogP contribution in [0.2, 0.25) is 5.04 Å². The summed E-state index contributed by atoms with van der Waals surface area (Å²) in [6.45, 7) is 6.80. The molecule has 6 heteroatoms. The summed E-state index contributed by atoms with van der Waals surface area (Å²) in [4.78, 5) is 0. The zero-order chi connectivity index (χ0) is 27.6. The number of alkyl halides is 1. The molecule has 200 valence electrons. The maximum absolute atomic E-state index is 14.4. The van der Waals surface area contributed by atoms with Crippen molar-refractivity contribution in [3.05, 3.63) is 120 Å².